The van der Waals surface area contributed by atoms with Gasteiger partial charge in [-0.05, 0) is 36.3 Å². The van der Waals surface area contributed by atoms with E-state index in [1.807, 2.05) is 0 Å². The van der Waals surface area contributed by atoms with Crippen molar-refractivity contribution in [3.05, 3.63) is 109 Å². The molecule has 1 aliphatic rings. The fraction of sp³-hybridized carbons (Fsp3) is 0.136. The minimum Gasteiger partial charge on any atom is -0.466 e. The molecule has 1 aromatic heterocycles. The van der Waals surface area contributed by atoms with Crippen molar-refractivity contribution in [1.29, 1.82) is 0 Å². The van der Waals surface area contributed by atoms with Gasteiger partial charge in [0.15, 0.2) is 4.80 Å². The largest absolute Gasteiger partial charge is 0.466 e. The van der Waals surface area contributed by atoms with Crippen LogP contribution in [0.5, 0.6) is 0 Å². The Morgan fingerprint density at radius 2 is 1.72 bits per heavy atom. The summed E-state index contributed by atoms with van der Waals surface area (Å²) in [6.07, 6.45) is 1.44. The number of methoxy groups -OCH3 is 1. The zero-order chi connectivity index (χ0) is 26.3. The fourth-order valence-corrected chi connectivity index (χ4v) is 5.18. The second-order valence-corrected chi connectivity index (χ2v) is 9.33. The number of rotatable bonds is 5. The van der Waals surface area contributed by atoms with Gasteiger partial charge in [0.25, 0.3) is 16.9 Å². The van der Waals surface area contributed by atoms with Crippen molar-refractivity contribution in [1.82, 2.24) is 4.57 Å². The molecule has 4 rings (SSSR count). The topological polar surface area (TPSA) is 147 Å². The molecular formula is C22H14Cl2N4O7S. The molecule has 1 unspecified atom stereocenters. The number of allylic oxidation sites excluding steroid dienone is 1. The van der Waals surface area contributed by atoms with E-state index < -0.39 is 33.1 Å². The normalized spacial score (nSPS) is 15.3. The number of benzene rings is 2. The van der Waals surface area contributed by atoms with Gasteiger partial charge in [0, 0.05) is 12.1 Å². The molecule has 0 aliphatic carbocycles. The van der Waals surface area contributed by atoms with Crippen molar-refractivity contribution in [2.24, 2.45) is 4.99 Å². The molecule has 0 saturated heterocycles. The van der Waals surface area contributed by atoms with E-state index in [2.05, 4.69) is 4.99 Å². The summed E-state index contributed by atoms with van der Waals surface area (Å²) in [5.74, 6) is -0.763. The number of halogens is 2. The Labute approximate surface area is 215 Å². The average Bonchev–Trinajstić information content (AvgIpc) is 3.13. The quantitative estimate of drug-likeness (QED) is 0.269. The molecule has 0 spiro atoms. The van der Waals surface area contributed by atoms with Gasteiger partial charge >= 0.3 is 5.97 Å². The molecule has 14 heteroatoms. The molecule has 0 bridgehead atoms. The third-order valence-corrected chi connectivity index (χ3v) is 7.00. The Morgan fingerprint density at radius 3 is 2.33 bits per heavy atom. The van der Waals surface area contributed by atoms with Crippen LogP contribution in [0, 0.1) is 20.2 Å². The first-order valence-corrected chi connectivity index (χ1v) is 11.6. The molecule has 1 aliphatic heterocycles. The Morgan fingerprint density at radius 1 is 1.11 bits per heavy atom. The number of nitro groups is 2. The molecule has 36 heavy (non-hydrogen) atoms. The van der Waals surface area contributed by atoms with Crippen LogP contribution < -0.4 is 14.9 Å². The lowest BCUT2D eigenvalue weighted by Gasteiger charge is -2.24. The Hall–Kier alpha value is -3.87. The van der Waals surface area contributed by atoms with Gasteiger partial charge in [-0.15, -0.1) is 0 Å². The second kappa shape index (κ2) is 9.64. The number of hydrogen-bond acceptors (Lipinski definition) is 9. The third-order valence-electron chi connectivity index (χ3n) is 5.37. The van der Waals surface area contributed by atoms with Gasteiger partial charge in [0.2, 0.25) is 0 Å². The van der Waals surface area contributed by atoms with Crippen molar-refractivity contribution < 1.29 is 19.4 Å². The maximum absolute atomic E-state index is 13.5. The maximum Gasteiger partial charge on any atom is 0.338 e. The number of aromatic nitrogens is 1. The highest BCUT2D eigenvalue weighted by Crippen LogP contribution is 2.35. The molecule has 1 atom stereocenters. The molecule has 3 aromatic rings. The summed E-state index contributed by atoms with van der Waals surface area (Å²) >= 11 is 12.8. The molecule has 2 aromatic carbocycles. The maximum atomic E-state index is 13.5. The van der Waals surface area contributed by atoms with Crippen LogP contribution in [0.2, 0.25) is 10.0 Å². The summed E-state index contributed by atoms with van der Waals surface area (Å²) in [7, 11) is 1.17. The highest BCUT2D eigenvalue weighted by Gasteiger charge is 2.34. The van der Waals surface area contributed by atoms with Crippen LogP contribution >= 0.6 is 34.5 Å². The van der Waals surface area contributed by atoms with Crippen LogP contribution in [0.15, 0.2) is 57.5 Å². The first-order chi connectivity index (χ1) is 17.0. The van der Waals surface area contributed by atoms with E-state index >= 15 is 0 Å². The monoisotopic (exact) mass is 548 g/mol. The molecule has 184 valence electrons. The number of esters is 1. The predicted octanol–water partition coefficient (Wildman–Crippen LogP) is 3.53. The molecule has 0 N–H and O–H groups in total. The summed E-state index contributed by atoms with van der Waals surface area (Å²) in [6.45, 7) is 1.56. The minimum atomic E-state index is -1.09. The highest BCUT2D eigenvalue weighted by atomic mass is 35.5. The number of ether oxygens (including phenoxy) is 1. The standard InChI is InChI=1S/C22H14Cl2N4O7S/c1-10-18(21(30)35-2)19(12-4-6-14(24)16(9-12)28(33)34)26-20(29)17(36-22(26)25-10)8-11-3-5-13(23)15(7-11)27(31)32/h3-9,19H,1-2H3. The van der Waals surface area contributed by atoms with Crippen molar-refractivity contribution in [2.45, 2.75) is 13.0 Å². The van der Waals surface area contributed by atoms with E-state index in [4.69, 9.17) is 27.9 Å². The minimum absolute atomic E-state index is 0.0233. The van der Waals surface area contributed by atoms with E-state index in [1.165, 1.54) is 54.2 Å². The van der Waals surface area contributed by atoms with E-state index in [9.17, 15) is 29.8 Å². The van der Waals surface area contributed by atoms with Gasteiger partial charge in [0.1, 0.15) is 10.0 Å². The zero-order valence-electron chi connectivity index (χ0n) is 18.4. The lowest BCUT2D eigenvalue weighted by molar-refractivity contribution is -0.384. The molecule has 0 radical (unpaired) electrons. The van der Waals surface area contributed by atoms with Gasteiger partial charge in [-0.1, -0.05) is 46.7 Å². The molecule has 0 amide bonds. The number of hydrogen-bond donors (Lipinski definition) is 0. The second-order valence-electron chi connectivity index (χ2n) is 7.51. The number of carbonyl (C=O) groups excluding carboxylic acids is 1. The average molecular weight is 549 g/mol. The lowest BCUT2D eigenvalue weighted by atomic mass is 9.95. The van der Waals surface area contributed by atoms with Crippen molar-refractivity contribution in [3.63, 3.8) is 0 Å². The summed E-state index contributed by atoms with van der Waals surface area (Å²) in [5.41, 5.74) is -0.408. The van der Waals surface area contributed by atoms with E-state index in [1.54, 1.807) is 6.92 Å². The van der Waals surface area contributed by atoms with Gasteiger partial charge in [-0.25, -0.2) is 9.79 Å². The number of thiazole rings is 1. The van der Waals surface area contributed by atoms with Crippen molar-refractivity contribution in [3.8, 4) is 0 Å². The molecule has 0 saturated carbocycles. The first kappa shape index (κ1) is 25.2. The van der Waals surface area contributed by atoms with E-state index in [-0.39, 0.29) is 41.9 Å². The Bertz CT molecular complexity index is 1680. The van der Waals surface area contributed by atoms with Crippen LogP contribution in [0.1, 0.15) is 24.1 Å². The third kappa shape index (κ3) is 4.41. The van der Waals surface area contributed by atoms with Crippen molar-refractivity contribution in [2.75, 3.05) is 7.11 Å². The van der Waals surface area contributed by atoms with Crippen molar-refractivity contribution >= 4 is 58.0 Å². The zero-order valence-corrected chi connectivity index (χ0v) is 20.8. The van der Waals surface area contributed by atoms with Crippen LogP contribution in [-0.2, 0) is 9.53 Å². The van der Waals surface area contributed by atoms with Gasteiger partial charge in [0.05, 0.1) is 38.8 Å². The highest BCUT2D eigenvalue weighted by molar-refractivity contribution is 7.07. The number of carbonyl (C=O) groups is 1. The Kier molecular flexibility index (Phi) is 6.76. The van der Waals surface area contributed by atoms with Crippen LogP contribution in [0.25, 0.3) is 6.08 Å². The van der Waals surface area contributed by atoms with Gasteiger partial charge in [-0.3, -0.25) is 29.6 Å². The number of nitrogens with zero attached hydrogens (tertiary/aromatic N) is 4. The summed E-state index contributed by atoms with van der Waals surface area (Å²) < 4.78 is 6.30. The molecule has 11 nitrogen and oxygen atoms in total. The van der Waals surface area contributed by atoms with Crippen LogP contribution in [-0.4, -0.2) is 27.5 Å². The van der Waals surface area contributed by atoms with Gasteiger partial charge in [-0.2, -0.15) is 0 Å². The first-order valence-electron chi connectivity index (χ1n) is 10.0. The smallest absolute Gasteiger partial charge is 0.338 e. The van der Waals surface area contributed by atoms with E-state index in [0.717, 1.165) is 11.3 Å². The van der Waals surface area contributed by atoms with Gasteiger partial charge < -0.3 is 4.74 Å². The van der Waals surface area contributed by atoms with Crippen LogP contribution in [0.4, 0.5) is 11.4 Å². The lowest BCUT2D eigenvalue weighted by Crippen LogP contribution is -2.39. The predicted molar refractivity (Wildman–Crippen MR) is 132 cm³/mol. The summed E-state index contributed by atoms with van der Waals surface area (Å²) in [6, 6.07) is 6.96. The Balaban J connectivity index is 1.99. The number of nitro benzene ring substituents is 2. The molecule has 0 fully saturated rings. The summed E-state index contributed by atoms with van der Waals surface area (Å²) in [5, 5.41) is 22.6. The number of fused-ring (bicyclic) bond motifs is 1. The fourth-order valence-electron chi connectivity index (χ4n) is 3.76. The SMILES string of the molecule is COC(=O)C1=C(C)N=c2sc(=Cc3ccc(Cl)c([N+](=O)[O-])c3)c(=O)n2C1c1ccc(Cl)c([N+](=O)[O-])c1. The molecule has 2 heterocycles. The molecular weight excluding hydrogens is 535 g/mol. The van der Waals surface area contributed by atoms with E-state index in [0.29, 0.717) is 5.56 Å². The van der Waals surface area contributed by atoms with Crippen LogP contribution in [0.3, 0.4) is 0 Å². The summed E-state index contributed by atoms with van der Waals surface area (Å²) in [4.78, 5) is 52.2.